The van der Waals surface area contributed by atoms with Gasteiger partial charge in [0, 0.05) is 10.9 Å². The number of carbonyl (C=O) groups excluding carboxylic acids is 2. The van der Waals surface area contributed by atoms with Gasteiger partial charge in [0.1, 0.15) is 16.2 Å². The van der Waals surface area contributed by atoms with Crippen LogP contribution in [-0.2, 0) is 4.74 Å². The van der Waals surface area contributed by atoms with E-state index in [0.29, 0.717) is 27.8 Å². The van der Waals surface area contributed by atoms with E-state index in [1.54, 1.807) is 39.2 Å². The van der Waals surface area contributed by atoms with Crippen LogP contribution in [0, 0.1) is 13.8 Å². The Labute approximate surface area is 154 Å². The molecule has 0 aliphatic carbocycles. The van der Waals surface area contributed by atoms with Gasteiger partial charge < -0.3 is 19.2 Å². The van der Waals surface area contributed by atoms with Crippen LogP contribution in [0.4, 0.5) is 5.00 Å². The Morgan fingerprint density at radius 2 is 2.00 bits per heavy atom. The van der Waals surface area contributed by atoms with Crippen LogP contribution in [0.5, 0.6) is 5.75 Å². The first-order chi connectivity index (χ1) is 12.4. The summed E-state index contributed by atoms with van der Waals surface area (Å²) in [5.41, 5.74) is 2.10. The molecule has 0 fully saturated rings. The van der Waals surface area contributed by atoms with Crippen LogP contribution >= 0.6 is 11.3 Å². The summed E-state index contributed by atoms with van der Waals surface area (Å²) >= 11 is 1.18. The molecule has 0 spiro atoms. The average Bonchev–Trinajstić information content (AvgIpc) is 3.15. The Hall–Kier alpha value is -2.80. The molecular weight excluding hydrogens is 354 g/mol. The summed E-state index contributed by atoms with van der Waals surface area (Å²) in [4.78, 5) is 25.0. The van der Waals surface area contributed by atoms with Gasteiger partial charge in [-0.3, -0.25) is 4.79 Å². The number of hydrogen-bond acceptors (Lipinski definition) is 6. The number of amides is 1. The van der Waals surface area contributed by atoms with Crippen LogP contribution in [0.15, 0.2) is 28.7 Å². The Morgan fingerprint density at radius 3 is 2.69 bits per heavy atom. The van der Waals surface area contributed by atoms with Crippen molar-refractivity contribution in [2.24, 2.45) is 0 Å². The number of rotatable bonds is 5. The fourth-order valence-corrected chi connectivity index (χ4v) is 3.62. The molecule has 0 aliphatic rings. The van der Waals surface area contributed by atoms with Gasteiger partial charge >= 0.3 is 5.97 Å². The van der Waals surface area contributed by atoms with Crippen LogP contribution < -0.4 is 10.1 Å². The van der Waals surface area contributed by atoms with E-state index in [-0.39, 0.29) is 17.6 Å². The molecule has 1 amide bonds. The molecule has 3 aromatic rings. The second-order valence-electron chi connectivity index (χ2n) is 5.72. The van der Waals surface area contributed by atoms with Gasteiger partial charge in [-0.05, 0) is 50.6 Å². The molecule has 0 aliphatic heterocycles. The van der Waals surface area contributed by atoms with Crippen molar-refractivity contribution in [1.29, 1.82) is 0 Å². The summed E-state index contributed by atoms with van der Waals surface area (Å²) in [5.74, 6) is 0.176. The number of thiophene rings is 1. The molecule has 0 saturated heterocycles. The van der Waals surface area contributed by atoms with Gasteiger partial charge in [-0.25, -0.2) is 4.79 Å². The fourth-order valence-electron chi connectivity index (χ4n) is 2.66. The molecule has 0 radical (unpaired) electrons. The third-order valence-electron chi connectivity index (χ3n) is 3.96. The predicted octanol–water partition coefficient (Wildman–Crippen LogP) is 4.55. The number of aryl methyl sites for hydroxylation is 2. The Morgan fingerprint density at radius 1 is 1.23 bits per heavy atom. The lowest BCUT2D eigenvalue weighted by Gasteiger charge is -2.00. The largest absolute Gasteiger partial charge is 0.497 e. The van der Waals surface area contributed by atoms with E-state index in [2.05, 4.69) is 5.32 Å². The number of ether oxygens (including phenoxy) is 2. The Balaban J connectivity index is 1.87. The minimum atomic E-state index is -0.387. The van der Waals surface area contributed by atoms with Crippen molar-refractivity contribution in [3.8, 4) is 5.75 Å². The SMILES string of the molecule is CCOC(=O)c1sc(NC(=O)c2oc3ccc(OC)cc3c2C)cc1C. The fraction of sp³-hybridized carbons (Fsp3) is 0.263. The lowest BCUT2D eigenvalue weighted by molar-refractivity contribution is 0.0531. The van der Waals surface area contributed by atoms with E-state index in [0.717, 1.165) is 16.5 Å². The molecule has 0 saturated carbocycles. The van der Waals surface area contributed by atoms with Gasteiger partial charge in [0.2, 0.25) is 0 Å². The molecule has 7 heteroatoms. The lowest BCUT2D eigenvalue weighted by atomic mass is 10.1. The number of carbonyl (C=O) groups is 2. The van der Waals surface area contributed by atoms with Gasteiger partial charge in [0.25, 0.3) is 5.91 Å². The topological polar surface area (TPSA) is 77.8 Å². The summed E-state index contributed by atoms with van der Waals surface area (Å²) in [7, 11) is 1.59. The third-order valence-corrected chi connectivity index (χ3v) is 5.10. The molecule has 1 aromatic carbocycles. The van der Waals surface area contributed by atoms with Crippen molar-refractivity contribution in [3.63, 3.8) is 0 Å². The highest BCUT2D eigenvalue weighted by Gasteiger charge is 2.21. The van der Waals surface area contributed by atoms with Crippen LogP contribution in [-0.4, -0.2) is 25.6 Å². The number of esters is 1. The normalized spacial score (nSPS) is 10.8. The molecule has 6 nitrogen and oxygen atoms in total. The van der Waals surface area contributed by atoms with E-state index < -0.39 is 0 Å². The van der Waals surface area contributed by atoms with Crippen LogP contribution in [0.3, 0.4) is 0 Å². The number of furan rings is 1. The summed E-state index contributed by atoms with van der Waals surface area (Å²) in [5, 5.41) is 4.18. The van der Waals surface area contributed by atoms with Crippen molar-refractivity contribution in [2.75, 3.05) is 19.0 Å². The van der Waals surface area contributed by atoms with E-state index in [1.807, 2.05) is 13.0 Å². The Bertz CT molecular complexity index is 985. The molecule has 2 heterocycles. The van der Waals surface area contributed by atoms with Gasteiger partial charge in [0.05, 0.1) is 18.7 Å². The molecule has 3 rings (SSSR count). The van der Waals surface area contributed by atoms with Crippen molar-refractivity contribution in [3.05, 3.63) is 46.0 Å². The first kappa shape index (κ1) is 18.0. The maximum absolute atomic E-state index is 12.6. The molecule has 2 aromatic heterocycles. The second kappa shape index (κ2) is 7.21. The number of benzene rings is 1. The second-order valence-corrected chi connectivity index (χ2v) is 6.77. The maximum Gasteiger partial charge on any atom is 0.348 e. The molecule has 26 heavy (non-hydrogen) atoms. The van der Waals surface area contributed by atoms with Crippen LogP contribution in [0.25, 0.3) is 11.0 Å². The van der Waals surface area contributed by atoms with Crippen molar-refractivity contribution < 1.29 is 23.5 Å². The predicted molar refractivity (Wildman–Crippen MR) is 100 cm³/mol. The van der Waals surface area contributed by atoms with E-state index in [9.17, 15) is 9.59 Å². The van der Waals surface area contributed by atoms with Crippen molar-refractivity contribution in [2.45, 2.75) is 20.8 Å². The number of anilines is 1. The van der Waals surface area contributed by atoms with Gasteiger partial charge in [-0.1, -0.05) is 0 Å². The van der Waals surface area contributed by atoms with Gasteiger partial charge in [-0.15, -0.1) is 11.3 Å². The zero-order valence-electron chi connectivity index (χ0n) is 15.0. The summed E-state index contributed by atoms with van der Waals surface area (Å²) in [6.07, 6.45) is 0. The number of hydrogen-bond donors (Lipinski definition) is 1. The molecular formula is C19H19NO5S. The third kappa shape index (κ3) is 3.30. The lowest BCUT2D eigenvalue weighted by Crippen LogP contribution is -2.11. The maximum atomic E-state index is 12.6. The summed E-state index contributed by atoms with van der Waals surface area (Å²) in [6, 6.07) is 7.13. The monoisotopic (exact) mass is 373 g/mol. The van der Waals surface area contributed by atoms with Gasteiger partial charge in [-0.2, -0.15) is 0 Å². The minimum Gasteiger partial charge on any atom is -0.497 e. The molecule has 136 valence electrons. The highest BCUT2D eigenvalue weighted by atomic mass is 32.1. The summed E-state index contributed by atoms with van der Waals surface area (Å²) in [6.45, 7) is 5.68. The van der Waals surface area contributed by atoms with Crippen LogP contribution in [0.2, 0.25) is 0 Å². The van der Waals surface area contributed by atoms with Gasteiger partial charge in [0.15, 0.2) is 5.76 Å². The standard InChI is InChI=1S/C19H19NO5S/c1-5-24-19(22)17-10(2)8-15(26-17)20-18(21)16-11(3)13-9-12(23-4)6-7-14(13)25-16/h6-9H,5H2,1-4H3,(H,20,21). The molecule has 0 bridgehead atoms. The smallest absolute Gasteiger partial charge is 0.348 e. The number of nitrogens with one attached hydrogen (secondary N) is 1. The molecule has 0 unspecified atom stereocenters. The minimum absolute atomic E-state index is 0.233. The van der Waals surface area contributed by atoms with E-state index >= 15 is 0 Å². The van der Waals surface area contributed by atoms with Crippen molar-refractivity contribution >= 4 is 39.2 Å². The molecule has 1 N–H and O–H groups in total. The first-order valence-electron chi connectivity index (χ1n) is 8.10. The van der Waals surface area contributed by atoms with Crippen molar-refractivity contribution in [1.82, 2.24) is 0 Å². The van der Waals surface area contributed by atoms with E-state index in [1.165, 1.54) is 11.3 Å². The highest BCUT2D eigenvalue weighted by molar-refractivity contribution is 7.18. The zero-order chi connectivity index (χ0) is 18.8. The average molecular weight is 373 g/mol. The Kier molecular flexibility index (Phi) is 4.99. The van der Waals surface area contributed by atoms with E-state index in [4.69, 9.17) is 13.9 Å². The summed E-state index contributed by atoms with van der Waals surface area (Å²) < 4.78 is 15.9. The quantitative estimate of drug-likeness (QED) is 0.664. The molecule has 0 atom stereocenters. The number of methoxy groups -OCH3 is 1. The first-order valence-corrected chi connectivity index (χ1v) is 8.92. The number of fused-ring (bicyclic) bond motifs is 1. The van der Waals surface area contributed by atoms with Crippen LogP contribution in [0.1, 0.15) is 38.3 Å². The highest BCUT2D eigenvalue weighted by Crippen LogP contribution is 2.31. The zero-order valence-corrected chi connectivity index (χ0v) is 15.8.